The highest BCUT2D eigenvalue weighted by atomic mass is 16.6. The maximum Gasteiger partial charge on any atom is 0.242 e. The summed E-state index contributed by atoms with van der Waals surface area (Å²) in [5.74, 6) is 0. The third-order valence-corrected chi connectivity index (χ3v) is 2.88. The van der Waals surface area contributed by atoms with Gasteiger partial charge in [0.1, 0.15) is 6.10 Å². The lowest BCUT2D eigenvalue weighted by Crippen LogP contribution is -2.27. The number of unbranched alkanes of at least 4 members (excludes halogenated alkanes) is 2. The zero-order valence-corrected chi connectivity index (χ0v) is 10.1. The smallest absolute Gasteiger partial charge is 0.242 e. The van der Waals surface area contributed by atoms with Crippen molar-refractivity contribution in [2.24, 2.45) is 0 Å². The van der Waals surface area contributed by atoms with Gasteiger partial charge in [0.15, 0.2) is 0 Å². The van der Waals surface area contributed by atoms with Gasteiger partial charge < -0.3 is 5.11 Å². The minimum Gasteiger partial charge on any atom is -0.381 e. The monoisotopic (exact) mass is 237 g/mol. The molecule has 1 aromatic carbocycles. The van der Waals surface area contributed by atoms with E-state index in [1.807, 2.05) is 6.07 Å². The molecule has 0 bridgehead atoms. The van der Waals surface area contributed by atoms with Crippen molar-refractivity contribution in [3.8, 4) is 0 Å². The van der Waals surface area contributed by atoms with E-state index >= 15 is 0 Å². The van der Waals surface area contributed by atoms with Gasteiger partial charge in [-0.1, -0.05) is 50.1 Å². The normalized spacial score (nSPS) is 14.2. The molecule has 1 rings (SSSR count). The molecule has 1 aromatic rings. The van der Waals surface area contributed by atoms with Gasteiger partial charge in [0.2, 0.25) is 6.04 Å². The Balaban J connectivity index is 2.67. The molecular formula is C13H19NO3. The van der Waals surface area contributed by atoms with Crippen molar-refractivity contribution in [3.05, 3.63) is 46.0 Å². The summed E-state index contributed by atoms with van der Waals surface area (Å²) in [5, 5.41) is 21.0. The largest absolute Gasteiger partial charge is 0.381 e. The highest BCUT2D eigenvalue weighted by molar-refractivity contribution is 5.18. The molecule has 17 heavy (non-hydrogen) atoms. The first-order valence-electron chi connectivity index (χ1n) is 6.03. The van der Waals surface area contributed by atoms with Gasteiger partial charge in [-0.15, -0.1) is 0 Å². The van der Waals surface area contributed by atoms with Crippen LogP contribution in [0, 0.1) is 10.1 Å². The third-order valence-electron chi connectivity index (χ3n) is 2.88. The topological polar surface area (TPSA) is 63.4 Å². The van der Waals surface area contributed by atoms with Crippen LogP contribution >= 0.6 is 0 Å². The maximum atomic E-state index is 11.0. The Morgan fingerprint density at radius 1 is 1.29 bits per heavy atom. The first-order chi connectivity index (χ1) is 8.16. The summed E-state index contributed by atoms with van der Waals surface area (Å²) in [6.45, 7) is 2.05. The van der Waals surface area contributed by atoms with E-state index in [2.05, 4.69) is 6.92 Å². The van der Waals surface area contributed by atoms with E-state index in [4.69, 9.17) is 0 Å². The van der Waals surface area contributed by atoms with Gasteiger partial charge in [-0.25, -0.2) is 0 Å². The summed E-state index contributed by atoms with van der Waals surface area (Å²) < 4.78 is 0. The molecule has 0 aromatic heterocycles. The van der Waals surface area contributed by atoms with E-state index in [0.29, 0.717) is 12.0 Å². The second-order valence-corrected chi connectivity index (χ2v) is 4.20. The summed E-state index contributed by atoms with van der Waals surface area (Å²) in [7, 11) is 0. The van der Waals surface area contributed by atoms with Crippen molar-refractivity contribution in [1.82, 2.24) is 0 Å². The van der Waals surface area contributed by atoms with Crippen LogP contribution in [-0.4, -0.2) is 16.1 Å². The second kappa shape index (κ2) is 7.01. The van der Waals surface area contributed by atoms with Crippen molar-refractivity contribution in [3.63, 3.8) is 0 Å². The van der Waals surface area contributed by atoms with Crippen LogP contribution in [0.5, 0.6) is 0 Å². The van der Waals surface area contributed by atoms with Crippen molar-refractivity contribution >= 4 is 0 Å². The first-order valence-corrected chi connectivity index (χ1v) is 6.03. The Morgan fingerprint density at radius 2 is 1.94 bits per heavy atom. The number of aliphatic hydroxyl groups excluding tert-OH is 1. The Hall–Kier alpha value is -1.42. The molecule has 0 unspecified atom stereocenters. The predicted molar refractivity (Wildman–Crippen MR) is 66.3 cm³/mol. The van der Waals surface area contributed by atoms with Gasteiger partial charge in [0.05, 0.1) is 0 Å². The lowest BCUT2D eigenvalue weighted by Gasteiger charge is -2.16. The van der Waals surface area contributed by atoms with Gasteiger partial charge in [-0.2, -0.15) is 0 Å². The van der Waals surface area contributed by atoms with Crippen molar-refractivity contribution < 1.29 is 10.0 Å². The van der Waals surface area contributed by atoms with Gasteiger partial charge >= 0.3 is 0 Å². The van der Waals surface area contributed by atoms with Crippen molar-refractivity contribution in [1.29, 1.82) is 0 Å². The van der Waals surface area contributed by atoms with Crippen LogP contribution in [-0.2, 0) is 0 Å². The Kier molecular flexibility index (Phi) is 5.63. The molecule has 0 saturated carbocycles. The van der Waals surface area contributed by atoms with Crippen LogP contribution in [0.2, 0.25) is 0 Å². The first kappa shape index (κ1) is 13.6. The Labute approximate surface area is 101 Å². The summed E-state index contributed by atoms with van der Waals surface area (Å²) in [4.78, 5) is 10.6. The lowest BCUT2D eigenvalue weighted by molar-refractivity contribution is -0.537. The van der Waals surface area contributed by atoms with Gasteiger partial charge in [0, 0.05) is 11.3 Å². The molecule has 0 amide bonds. The molecule has 0 aliphatic rings. The fraction of sp³-hybridized carbons (Fsp3) is 0.538. The number of hydrogen-bond acceptors (Lipinski definition) is 3. The van der Waals surface area contributed by atoms with Crippen LogP contribution in [0.15, 0.2) is 30.3 Å². The summed E-state index contributed by atoms with van der Waals surface area (Å²) in [6, 6.07) is 7.93. The van der Waals surface area contributed by atoms with E-state index in [9.17, 15) is 15.2 Å². The minimum absolute atomic E-state index is 0.368. The Bertz CT molecular complexity index is 340. The molecule has 0 aliphatic carbocycles. The number of benzene rings is 1. The molecule has 0 radical (unpaired) electrons. The second-order valence-electron chi connectivity index (χ2n) is 4.20. The standard InChI is InChI=1S/C13H19NO3/c1-2-3-5-10-12(14(16)17)13(15)11-8-6-4-7-9-11/h4,6-9,12-13,15H,2-3,5,10H2,1H3/t12-,13-/m1/s1. The van der Waals surface area contributed by atoms with E-state index < -0.39 is 12.1 Å². The molecule has 2 atom stereocenters. The van der Waals surface area contributed by atoms with Crippen LogP contribution in [0.25, 0.3) is 0 Å². The molecule has 0 heterocycles. The average molecular weight is 237 g/mol. The zero-order valence-electron chi connectivity index (χ0n) is 10.1. The predicted octanol–water partition coefficient (Wildman–Crippen LogP) is 2.95. The molecule has 4 heteroatoms. The highest BCUT2D eigenvalue weighted by Gasteiger charge is 2.30. The number of nitrogens with zero attached hydrogens (tertiary/aromatic N) is 1. The Morgan fingerprint density at radius 3 is 2.47 bits per heavy atom. The van der Waals surface area contributed by atoms with E-state index in [1.165, 1.54) is 0 Å². The lowest BCUT2D eigenvalue weighted by atomic mass is 9.98. The number of hydrogen-bond donors (Lipinski definition) is 1. The summed E-state index contributed by atoms with van der Waals surface area (Å²) in [5.41, 5.74) is 0.616. The van der Waals surface area contributed by atoms with Gasteiger partial charge in [0.25, 0.3) is 0 Å². The highest BCUT2D eigenvalue weighted by Crippen LogP contribution is 2.22. The SMILES string of the molecule is CCCCC[C@H]([C@H](O)c1ccccc1)[N+](=O)[O-]. The molecule has 1 N–H and O–H groups in total. The fourth-order valence-electron chi connectivity index (χ4n) is 1.85. The summed E-state index contributed by atoms with van der Waals surface area (Å²) in [6.07, 6.45) is 2.18. The quantitative estimate of drug-likeness (QED) is 0.450. The molecule has 94 valence electrons. The van der Waals surface area contributed by atoms with Crippen LogP contribution in [0.3, 0.4) is 0 Å². The minimum atomic E-state index is -1.01. The van der Waals surface area contributed by atoms with E-state index in [-0.39, 0.29) is 4.92 Å². The average Bonchev–Trinajstić information content (AvgIpc) is 2.34. The van der Waals surface area contributed by atoms with E-state index in [1.54, 1.807) is 24.3 Å². The van der Waals surface area contributed by atoms with Gasteiger partial charge in [-0.3, -0.25) is 10.1 Å². The van der Waals surface area contributed by atoms with Crippen LogP contribution in [0.4, 0.5) is 0 Å². The molecular weight excluding hydrogens is 218 g/mol. The molecule has 4 nitrogen and oxygen atoms in total. The fourth-order valence-corrected chi connectivity index (χ4v) is 1.85. The van der Waals surface area contributed by atoms with Crippen LogP contribution in [0.1, 0.15) is 44.3 Å². The molecule has 0 fully saturated rings. The van der Waals surface area contributed by atoms with Gasteiger partial charge in [-0.05, 0) is 12.0 Å². The maximum absolute atomic E-state index is 11.0. The molecule has 0 spiro atoms. The third kappa shape index (κ3) is 4.15. The molecule has 0 aliphatic heterocycles. The summed E-state index contributed by atoms with van der Waals surface area (Å²) >= 11 is 0. The van der Waals surface area contributed by atoms with Crippen molar-refractivity contribution in [2.75, 3.05) is 0 Å². The zero-order chi connectivity index (χ0) is 12.7. The van der Waals surface area contributed by atoms with Crippen LogP contribution < -0.4 is 0 Å². The number of nitro groups is 1. The molecule has 0 saturated heterocycles. The van der Waals surface area contributed by atoms with E-state index in [0.717, 1.165) is 19.3 Å². The number of rotatable bonds is 7. The number of aliphatic hydroxyl groups is 1. The van der Waals surface area contributed by atoms with Crippen molar-refractivity contribution in [2.45, 2.75) is 44.8 Å².